The lowest BCUT2D eigenvalue weighted by Crippen LogP contribution is -2.48. The Morgan fingerprint density at radius 3 is 2.67 bits per heavy atom. The van der Waals surface area contributed by atoms with E-state index in [2.05, 4.69) is 5.32 Å². The summed E-state index contributed by atoms with van der Waals surface area (Å²) in [6.45, 7) is 1.79. The number of para-hydroxylation sites is 1. The predicted octanol–water partition coefficient (Wildman–Crippen LogP) is 1.02. The van der Waals surface area contributed by atoms with Crippen molar-refractivity contribution in [2.24, 2.45) is 0 Å². The molecule has 1 heterocycles. The van der Waals surface area contributed by atoms with Crippen molar-refractivity contribution in [1.82, 2.24) is 14.5 Å². The van der Waals surface area contributed by atoms with Crippen molar-refractivity contribution in [3.05, 3.63) is 34.2 Å². The Bertz CT molecular complexity index is 1020. The van der Waals surface area contributed by atoms with Crippen LogP contribution in [0.3, 0.4) is 0 Å². The highest BCUT2D eigenvalue weighted by molar-refractivity contribution is 7.90. The van der Waals surface area contributed by atoms with Crippen LogP contribution in [0, 0.1) is 6.92 Å². The van der Waals surface area contributed by atoms with Gasteiger partial charge in [-0.3, -0.25) is 4.57 Å². The van der Waals surface area contributed by atoms with E-state index in [9.17, 15) is 23.1 Å². The molecule has 1 saturated carbocycles. The minimum absolute atomic E-state index is 0.0225. The van der Waals surface area contributed by atoms with Crippen LogP contribution in [0.15, 0.2) is 23.0 Å². The van der Waals surface area contributed by atoms with Crippen LogP contribution in [-0.4, -0.2) is 52.8 Å². The molecule has 1 fully saturated rings. The van der Waals surface area contributed by atoms with E-state index < -0.39 is 33.7 Å². The van der Waals surface area contributed by atoms with Crippen LogP contribution in [0.1, 0.15) is 31.2 Å². The molecule has 1 aromatic heterocycles. The van der Waals surface area contributed by atoms with Gasteiger partial charge in [-0.2, -0.15) is 0 Å². The number of hydrogen-bond donors (Lipinski definition) is 2. The van der Waals surface area contributed by atoms with Gasteiger partial charge in [-0.05, 0) is 31.4 Å². The number of nitrogens with one attached hydrogen (secondary N) is 1. The molecule has 0 aliphatic heterocycles. The maximum absolute atomic E-state index is 12.9. The highest BCUT2D eigenvalue weighted by Crippen LogP contribution is 2.20. The van der Waals surface area contributed by atoms with Gasteiger partial charge in [-0.25, -0.2) is 22.6 Å². The summed E-state index contributed by atoms with van der Waals surface area (Å²) in [6.07, 6.45) is 3.59. The molecule has 1 aliphatic rings. The van der Waals surface area contributed by atoms with Gasteiger partial charge in [0.15, 0.2) is 0 Å². The van der Waals surface area contributed by atoms with E-state index >= 15 is 0 Å². The molecule has 0 spiro atoms. The fourth-order valence-electron chi connectivity index (χ4n) is 3.66. The molecule has 2 aromatic rings. The van der Waals surface area contributed by atoms with E-state index in [1.807, 2.05) is 13.0 Å². The molecular weight excluding hydrogens is 370 g/mol. The number of aliphatic hydroxyl groups excluding tert-OH is 1. The SMILES string of the molecule is Cc1cccc2c1n(CCS(C)(=O)=O)c(=O)n2C(=O)N[C@H]1CCCCC1O. The van der Waals surface area contributed by atoms with E-state index in [1.165, 1.54) is 4.57 Å². The first kappa shape index (κ1) is 19.6. The number of aromatic nitrogens is 2. The summed E-state index contributed by atoms with van der Waals surface area (Å²) in [5.41, 5.74) is 1.18. The molecule has 0 bridgehead atoms. The number of aryl methyl sites for hydroxylation is 2. The zero-order valence-electron chi connectivity index (χ0n) is 15.5. The molecule has 1 unspecified atom stereocenters. The van der Waals surface area contributed by atoms with Gasteiger partial charge in [-0.1, -0.05) is 25.0 Å². The summed E-state index contributed by atoms with van der Waals surface area (Å²) in [5.74, 6) is -0.191. The Hall–Kier alpha value is -2.13. The standard InChI is InChI=1S/C18H25N3O5S/c1-12-6-5-8-14-16(12)20(10-11-27(2,25)26)18(24)21(14)17(23)19-13-7-3-4-9-15(13)22/h5-6,8,13,15,22H,3-4,7,9-11H2,1-2H3,(H,19,23)/t13-,15?/m0/s1. The Labute approximate surface area is 157 Å². The average molecular weight is 395 g/mol. The van der Waals surface area contributed by atoms with Crippen LogP contribution in [0.5, 0.6) is 0 Å². The van der Waals surface area contributed by atoms with Gasteiger partial charge in [0, 0.05) is 12.8 Å². The van der Waals surface area contributed by atoms with E-state index in [1.54, 1.807) is 12.1 Å². The zero-order chi connectivity index (χ0) is 19.8. The number of aliphatic hydroxyl groups is 1. The van der Waals surface area contributed by atoms with Gasteiger partial charge in [-0.15, -0.1) is 0 Å². The molecular formula is C18H25N3O5S. The summed E-state index contributed by atoms with van der Waals surface area (Å²) in [7, 11) is -3.26. The van der Waals surface area contributed by atoms with Gasteiger partial charge in [0.05, 0.1) is 28.9 Å². The van der Waals surface area contributed by atoms with E-state index in [0.29, 0.717) is 23.9 Å². The lowest BCUT2D eigenvalue weighted by molar-refractivity contribution is 0.0944. The summed E-state index contributed by atoms with van der Waals surface area (Å²) >= 11 is 0. The molecule has 2 atom stereocenters. The number of carbonyl (C=O) groups is 1. The van der Waals surface area contributed by atoms with Crippen LogP contribution < -0.4 is 11.0 Å². The molecule has 2 N–H and O–H groups in total. The fraction of sp³-hybridized carbons (Fsp3) is 0.556. The number of sulfone groups is 1. The van der Waals surface area contributed by atoms with Gasteiger partial charge in [0.25, 0.3) is 0 Å². The monoisotopic (exact) mass is 395 g/mol. The third kappa shape index (κ3) is 4.08. The van der Waals surface area contributed by atoms with Gasteiger partial charge in [0.1, 0.15) is 9.84 Å². The lowest BCUT2D eigenvalue weighted by Gasteiger charge is -2.28. The van der Waals surface area contributed by atoms with Gasteiger partial charge < -0.3 is 10.4 Å². The first-order chi connectivity index (χ1) is 12.7. The quantitative estimate of drug-likeness (QED) is 0.803. The number of hydrogen-bond acceptors (Lipinski definition) is 5. The first-order valence-electron chi connectivity index (χ1n) is 9.06. The second-order valence-corrected chi connectivity index (χ2v) is 9.51. The average Bonchev–Trinajstić information content (AvgIpc) is 2.87. The van der Waals surface area contributed by atoms with Crippen molar-refractivity contribution < 1.29 is 18.3 Å². The van der Waals surface area contributed by atoms with Crippen LogP contribution in [-0.2, 0) is 16.4 Å². The summed E-state index contributed by atoms with van der Waals surface area (Å²) in [6, 6.07) is 4.23. The number of rotatable bonds is 4. The van der Waals surface area contributed by atoms with Gasteiger partial charge in [0.2, 0.25) is 0 Å². The summed E-state index contributed by atoms with van der Waals surface area (Å²) in [4.78, 5) is 25.8. The molecule has 9 heteroatoms. The zero-order valence-corrected chi connectivity index (χ0v) is 16.3. The largest absolute Gasteiger partial charge is 0.391 e. The Morgan fingerprint density at radius 1 is 1.30 bits per heavy atom. The van der Waals surface area contributed by atoms with Crippen molar-refractivity contribution in [3.8, 4) is 0 Å². The highest BCUT2D eigenvalue weighted by Gasteiger charge is 2.27. The number of imidazole rings is 1. The number of benzene rings is 1. The molecule has 0 saturated heterocycles. The van der Waals surface area contributed by atoms with Crippen molar-refractivity contribution in [1.29, 1.82) is 0 Å². The van der Waals surface area contributed by atoms with E-state index in [-0.39, 0.29) is 12.3 Å². The van der Waals surface area contributed by atoms with Crippen LogP contribution in [0.4, 0.5) is 4.79 Å². The molecule has 1 amide bonds. The van der Waals surface area contributed by atoms with Gasteiger partial charge >= 0.3 is 11.7 Å². The molecule has 1 aromatic carbocycles. The molecule has 0 radical (unpaired) electrons. The Morgan fingerprint density at radius 2 is 2.00 bits per heavy atom. The Kier molecular flexibility index (Phi) is 5.43. The maximum atomic E-state index is 12.9. The minimum Gasteiger partial charge on any atom is -0.391 e. The second kappa shape index (κ2) is 7.47. The van der Waals surface area contributed by atoms with E-state index in [4.69, 9.17) is 0 Å². The summed E-state index contributed by atoms with van der Waals surface area (Å²) < 4.78 is 25.5. The normalized spacial score (nSPS) is 20.7. The van der Waals surface area contributed by atoms with Crippen LogP contribution in [0.2, 0.25) is 0 Å². The predicted molar refractivity (Wildman–Crippen MR) is 103 cm³/mol. The molecule has 1 aliphatic carbocycles. The lowest BCUT2D eigenvalue weighted by atomic mass is 9.93. The number of carbonyl (C=O) groups excluding carboxylic acids is 1. The van der Waals surface area contributed by atoms with Crippen molar-refractivity contribution >= 4 is 26.9 Å². The van der Waals surface area contributed by atoms with Crippen molar-refractivity contribution in [2.75, 3.05) is 12.0 Å². The maximum Gasteiger partial charge on any atom is 0.337 e. The molecule has 148 valence electrons. The smallest absolute Gasteiger partial charge is 0.337 e. The number of nitrogens with zero attached hydrogens (tertiary/aromatic N) is 2. The highest BCUT2D eigenvalue weighted by atomic mass is 32.2. The minimum atomic E-state index is -3.26. The van der Waals surface area contributed by atoms with Crippen LogP contribution >= 0.6 is 0 Å². The topological polar surface area (TPSA) is 110 Å². The second-order valence-electron chi connectivity index (χ2n) is 7.25. The van der Waals surface area contributed by atoms with Crippen molar-refractivity contribution in [3.63, 3.8) is 0 Å². The third-order valence-corrected chi connectivity index (χ3v) is 6.00. The summed E-state index contributed by atoms with van der Waals surface area (Å²) in [5, 5.41) is 12.9. The fourth-order valence-corrected chi connectivity index (χ4v) is 4.17. The van der Waals surface area contributed by atoms with Crippen LogP contribution in [0.25, 0.3) is 11.0 Å². The molecule has 8 nitrogen and oxygen atoms in total. The first-order valence-corrected chi connectivity index (χ1v) is 11.1. The van der Waals surface area contributed by atoms with E-state index in [0.717, 1.165) is 29.2 Å². The van der Waals surface area contributed by atoms with Crippen molar-refractivity contribution in [2.45, 2.75) is 51.3 Å². The number of fused-ring (bicyclic) bond motifs is 1. The molecule has 3 rings (SSSR count). The molecule has 27 heavy (non-hydrogen) atoms. The Balaban J connectivity index is 2.02. The number of amides is 1. The third-order valence-electron chi connectivity index (χ3n) is 5.08.